The van der Waals surface area contributed by atoms with Crippen molar-refractivity contribution in [2.75, 3.05) is 0 Å². The summed E-state index contributed by atoms with van der Waals surface area (Å²) in [4.78, 5) is 0. The van der Waals surface area contributed by atoms with Crippen LogP contribution in [0, 0.1) is 0 Å². The Morgan fingerprint density at radius 1 is 0.444 bits per heavy atom. The van der Waals surface area contributed by atoms with Gasteiger partial charge in [-0.25, -0.2) is 0 Å². The fourth-order valence-corrected chi connectivity index (χ4v) is 10.2. The number of aromatic nitrogens is 1. The van der Waals surface area contributed by atoms with E-state index >= 15 is 0 Å². The van der Waals surface area contributed by atoms with E-state index in [2.05, 4.69) is 230 Å². The molecule has 0 spiro atoms. The Balaban J connectivity index is 1.15. The average molecular weight is 808 g/mol. The van der Waals surface area contributed by atoms with Crippen LogP contribution in [0.15, 0.2) is 218 Å². The molecule has 0 radical (unpaired) electrons. The van der Waals surface area contributed by atoms with Crippen molar-refractivity contribution in [2.24, 2.45) is 0 Å². The Bertz CT molecular complexity index is 3240. The Hall–Kier alpha value is -7.48. The second-order valence-electron chi connectivity index (χ2n) is 17.0. The fraction of sp³-hybridized carbons (Fsp3) is 0.0968. The van der Waals surface area contributed by atoms with Crippen LogP contribution in [0.2, 0.25) is 0 Å². The lowest BCUT2D eigenvalue weighted by Crippen LogP contribution is -2.00. The van der Waals surface area contributed by atoms with E-state index < -0.39 is 0 Å². The summed E-state index contributed by atoms with van der Waals surface area (Å²) in [6.07, 6.45) is 12.1. The maximum absolute atomic E-state index is 2.52. The molecule has 1 nitrogen and oxygen atoms in total. The Morgan fingerprint density at radius 3 is 1.79 bits per heavy atom. The van der Waals surface area contributed by atoms with Gasteiger partial charge in [-0.2, -0.15) is 0 Å². The van der Waals surface area contributed by atoms with Gasteiger partial charge in [-0.1, -0.05) is 195 Å². The number of benzene rings is 8. The molecule has 8 aromatic carbocycles. The molecule has 0 aliphatic heterocycles. The fourth-order valence-electron chi connectivity index (χ4n) is 10.2. The molecule has 0 saturated carbocycles. The minimum Gasteiger partial charge on any atom is -0.309 e. The van der Waals surface area contributed by atoms with Crippen LogP contribution < -0.4 is 0 Å². The van der Waals surface area contributed by atoms with Gasteiger partial charge in [0.15, 0.2) is 0 Å². The number of rotatable bonds is 7. The van der Waals surface area contributed by atoms with Crippen LogP contribution >= 0.6 is 0 Å². The molecular weight excluding hydrogens is 759 g/mol. The van der Waals surface area contributed by atoms with Crippen molar-refractivity contribution in [2.45, 2.75) is 39.0 Å². The minimum absolute atomic E-state index is 0.845. The lowest BCUT2D eigenvalue weighted by atomic mass is 9.88. The highest BCUT2D eigenvalue weighted by Crippen LogP contribution is 2.42. The molecule has 302 valence electrons. The summed E-state index contributed by atoms with van der Waals surface area (Å²) in [5.41, 5.74) is 23.3. The van der Waals surface area contributed by atoms with Gasteiger partial charge in [0.25, 0.3) is 0 Å². The average Bonchev–Trinajstić information content (AvgIpc) is 3.63. The van der Waals surface area contributed by atoms with Gasteiger partial charge in [0, 0.05) is 16.5 Å². The van der Waals surface area contributed by atoms with Crippen LogP contribution in [0.3, 0.4) is 0 Å². The lowest BCUT2D eigenvalue weighted by Gasteiger charge is -2.18. The molecule has 63 heavy (non-hydrogen) atoms. The quantitative estimate of drug-likeness (QED) is 0.151. The standard InChI is InChI=1S/C62H49N/c1-2-43-35-51(47-26-17-25-46(36-47)44-19-5-3-6-20-44)37-48(27-18-32-56(43)45-21-7-4-8-22-45)53-40-54(52-38-49-23-9-11-28-57(49)58-29-12-10-24-50(58)39-52)42-55(41-53)63-61-33-15-13-30-59(61)60-31-14-16-34-62(60)63/h3-17,19-31,33-34,36-38,40-42H,2,18,32,35,39H2,1H3/b48-27-,51-37+,56-43?. The van der Waals surface area contributed by atoms with E-state index in [-0.39, 0.29) is 0 Å². The van der Waals surface area contributed by atoms with E-state index in [1.807, 2.05) is 0 Å². The Morgan fingerprint density at radius 2 is 1.03 bits per heavy atom. The van der Waals surface area contributed by atoms with Crippen LogP contribution in [0.25, 0.3) is 78.1 Å². The molecule has 0 saturated heterocycles. The number of fused-ring (bicyclic) bond motifs is 6. The van der Waals surface area contributed by atoms with Crippen molar-refractivity contribution in [3.05, 3.63) is 251 Å². The summed E-state index contributed by atoms with van der Waals surface area (Å²) in [5.74, 6) is 0. The second-order valence-corrected chi connectivity index (χ2v) is 17.0. The summed E-state index contributed by atoms with van der Waals surface area (Å²) in [7, 11) is 0. The number of para-hydroxylation sites is 2. The molecule has 0 bridgehead atoms. The molecule has 0 fully saturated rings. The highest BCUT2D eigenvalue weighted by molar-refractivity contribution is 6.09. The maximum Gasteiger partial charge on any atom is 0.0541 e. The van der Waals surface area contributed by atoms with Crippen LogP contribution in [0.5, 0.6) is 0 Å². The van der Waals surface area contributed by atoms with E-state index in [0.29, 0.717) is 0 Å². The SMILES string of the molecule is CCC1=C(c2ccccc2)CC/C=C(c2cc(C3=Cc4ccccc4-c4ccccc4C3)cc(-n3c4ccccc4c4ccccc43)c2)/C=C(/c2cccc(-c3ccccc3)c2)C1. The van der Waals surface area contributed by atoms with Gasteiger partial charge in [0.2, 0.25) is 0 Å². The largest absolute Gasteiger partial charge is 0.309 e. The van der Waals surface area contributed by atoms with Gasteiger partial charge in [-0.05, 0) is 146 Å². The normalized spacial score (nSPS) is 15.8. The Kier molecular flexibility index (Phi) is 10.2. The van der Waals surface area contributed by atoms with Crippen molar-refractivity contribution in [3.8, 4) is 27.9 Å². The zero-order valence-corrected chi connectivity index (χ0v) is 35.8. The Labute approximate surface area is 371 Å². The van der Waals surface area contributed by atoms with Crippen molar-refractivity contribution >= 4 is 50.2 Å². The lowest BCUT2D eigenvalue weighted by molar-refractivity contribution is 0.993. The molecule has 0 unspecified atom stereocenters. The van der Waals surface area contributed by atoms with Gasteiger partial charge in [0.1, 0.15) is 0 Å². The second kappa shape index (κ2) is 16.8. The molecular formula is C62H49N. The first-order valence-corrected chi connectivity index (χ1v) is 22.5. The first-order valence-electron chi connectivity index (χ1n) is 22.5. The summed E-state index contributed by atoms with van der Waals surface area (Å²) < 4.78 is 2.49. The van der Waals surface area contributed by atoms with Gasteiger partial charge >= 0.3 is 0 Å². The van der Waals surface area contributed by atoms with Crippen LogP contribution in [0.1, 0.15) is 66.0 Å². The smallest absolute Gasteiger partial charge is 0.0541 e. The van der Waals surface area contributed by atoms with E-state index in [9.17, 15) is 0 Å². The molecule has 0 N–H and O–H groups in total. The summed E-state index contributed by atoms with van der Waals surface area (Å²) in [5, 5.41) is 2.54. The molecule has 9 aromatic rings. The summed E-state index contributed by atoms with van der Waals surface area (Å²) in [6.45, 7) is 2.33. The summed E-state index contributed by atoms with van der Waals surface area (Å²) in [6, 6.07) is 74.1. The van der Waals surface area contributed by atoms with Crippen LogP contribution in [-0.2, 0) is 6.42 Å². The predicted octanol–water partition coefficient (Wildman–Crippen LogP) is 16.7. The third-order valence-corrected chi connectivity index (χ3v) is 13.2. The van der Waals surface area contributed by atoms with Crippen molar-refractivity contribution < 1.29 is 0 Å². The van der Waals surface area contributed by atoms with Gasteiger partial charge in [-0.15, -0.1) is 0 Å². The first-order chi connectivity index (χ1) is 31.2. The van der Waals surface area contributed by atoms with Gasteiger partial charge in [-0.3, -0.25) is 0 Å². The molecule has 1 heteroatoms. The van der Waals surface area contributed by atoms with Gasteiger partial charge in [0.05, 0.1) is 11.0 Å². The van der Waals surface area contributed by atoms with Gasteiger partial charge < -0.3 is 4.57 Å². The maximum atomic E-state index is 2.52. The highest BCUT2D eigenvalue weighted by atomic mass is 15.0. The molecule has 2 aliphatic carbocycles. The van der Waals surface area contributed by atoms with Crippen LogP contribution in [-0.4, -0.2) is 4.57 Å². The third-order valence-electron chi connectivity index (χ3n) is 13.2. The van der Waals surface area contributed by atoms with E-state index in [1.54, 1.807) is 0 Å². The zero-order valence-electron chi connectivity index (χ0n) is 35.8. The molecule has 0 amide bonds. The van der Waals surface area contributed by atoms with E-state index in [4.69, 9.17) is 0 Å². The van der Waals surface area contributed by atoms with Crippen molar-refractivity contribution in [1.82, 2.24) is 4.57 Å². The molecule has 1 heterocycles. The molecule has 11 rings (SSSR count). The monoisotopic (exact) mass is 807 g/mol. The predicted molar refractivity (Wildman–Crippen MR) is 270 cm³/mol. The molecule has 0 atom stereocenters. The van der Waals surface area contributed by atoms with E-state index in [1.165, 1.54) is 111 Å². The number of hydrogen-bond donors (Lipinski definition) is 0. The number of hydrogen-bond acceptors (Lipinski definition) is 0. The number of allylic oxidation sites excluding steroid dienone is 7. The molecule has 2 aliphatic rings. The van der Waals surface area contributed by atoms with Crippen LogP contribution in [0.4, 0.5) is 0 Å². The third kappa shape index (κ3) is 7.40. The van der Waals surface area contributed by atoms with Crippen molar-refractivity contribution in [3.63, 3.8) is 0 Å². The summed E-state index contributed by atoms with van der Waals surface area (Å²) >= 11 is 0. The highest BCUT2D eigenvalue weighted by Gasteiger charge is 2.21. The number of nitrogens with zero attached hydrogens (tertiary/aromatic N) is 1. The van der Waals surface area contributed by atoms with E-state index in [0.717, 1.165) is 32.1 Å². The first kappa shape index (κ1) is 38.4. The molecule has 1 aromatic heterocycles. The zero-order chi connectivity index (χ0) is 42.1. The van der Waals surface area contributed by atoms with Crippen molar-refractivity contribution in [1.29, 1.82) is 0 Å². The minimum atomic E-state index is 0.845. The topological polar surface area (TPSA) is 4.93 Å².